The number of fused-ring (bicyclic) bond motifs is 2. The third kappa shape index (κ3) is 2.89. The quantitative estimate of drug-likeness (QED) is 0.599. The van der Waals surface area contributed by atoms with Gasteiger partial charge in [-0.25, -0.2) is 4.98 Å². The van der Waals surface area contributed by atoms with E-state index in [1.54, 1.807) is 30.7 Å². The van der Waals surface area contributed by atoms with Crippen LogP contribution in [0.1, 0.15) is 16.8 Å². The zero-order chi connectivity index (χ0) is 18.4. The number of rotatable bonds is 3. The standard InChI is InChI=1S/C19H19BrN6O/c20-13-7-23-18-16(17(13)26-9-12-3-5-22-15(12)10-26)14(8-24-18)25-19(27)11-2-1-4-21-6-11/h1-2,4,6-8,12,15,22H,3,5,9-10H2,(H,23,24)(H,25,27). The highest BCUT2D eigenvalue weighted by Crippen LogP contribution is 2.41. The Bertz CT molecular complexity index is 992. The van der Waals surface area contributed by atoms with Crippen LogP contribution in [0.5, 0.6) is 0 Å². The second-order valence-corrected chi connectivity index (χ2v) is 7.95. The van der Waals surface area contributed by atoms with E-state index < -0.39 is 0 Å². The van der Waals surface area contributed by atoms with Gasteiger partial charge in [-0.3, -0.25) is 9.78 Å². The summed E-state index contributed by atoms with van der Waals surface area (Å²) in [6, 6.07) is 4.04. The number of hydrogen-bond acceptors (Lipinski definition) is 5. The van der Waals surface area contributed by atoms with Gasteiger partial charge in [-0.15, -0.1) is 0 Å². The first-order valence-electron chi connectivity index (χ1n) is 9.06. The fourth-order valence-electron chi connectivity index (χ4n) is 4.19. The SMILES string of the molecule is O=C(Nc1c[nH]c2ncc(Br)c(N3CC4CCNC4C3)c12)c1cccnc1. The van der Waals surface area contributed by atoms with Crippen molar-refractivity contribution in [3.63, 3.8) is 0 Å². The lowest BCUT2D eigenvalue weighted by atomic mass is 10.1. The second kappa shape index (κ2) is 6.61. The van der Waals surface area contributed by atoms with Crippen LogP contribution >= 0.6 is 15.9 Å². The van der Waals surface area contributed by atoms with Gasteiger partial charge in [0.25, 0.3) is 5.91 Å². The van der Waals surface area contributed by atoms with E-state index >= 15 is 0 Å². The number of amides is 1. The number of H-pyrrole nitrogens is 1. The second-order valence-electron chi connectivity index (χ2n) is 7.09. The van der Waals surface area contributed by atoms with Crippen molar-refractivity contribution in [1.29, 1.82) is 0 Å². The first kappa shape index (κ1) is 16.7. The molecule has 5 rings (SSSR count). The van der Waals surface area contributed by atoms with E-state index in [0.29, 0.717) is 17.5 Å². The number of nitrogens with zero attached hydrogens (tertiary/aromatic N) is 3. The molecule has 7 nitrogen and oxygen atoms in total. The summed E-state index contributed by atoms with van der Waals surface area (Å²) in [5, 5.41) is 7.53. The molecule has 2 unspecified atom stereocenters. The van der Waals surface area contributed by atoms with Crippen LogP contribution in [0.2, 0.25) is 0 Å². The number of aromatic amines is 1. The van der Waals surface area contributed by atoms with Gasteiger partial charge in [0.1, 0.15) is 5.65 Å². The molecule has 2 saturated heterocycles. The summed E-state index contributed by atoms with van der Waals surface area (Å²) in [4.78, 5) is 26.7. The minimum atomic E-state index is -0.185. The van der Waals surface area contributed by atoms with Gasteiger partial charge in [0.05, 0.1) is 26.8 Å². The Morgan fingerprint density at radius 2 is 2.26 bits per heavy atom. The molecule has 0 bridgehead atoms. The van der Waals surface area contributed by atoms with Crippen LogP contribution in [0.15, 0.2) is 41.4 Å². The maximum Gasteiger partial charge on any atom is 0.257 e. The molecule has 3 aromatic heterocycles. The Labute approximate surface area is 164 Å². The van der Waals surface area contributed by atoms with Crippen molar-refractivity contribution >= 4 is 44.2 Å². The molecule has 2 fully saturated rings. The van der Waals surface area contributed by atoms with Crippen molar-refractivity contribution in [2.75, 3.05) is 29.9 Å². The molecule has 0 radical (unpaired) electrons. The van der Waals surface area contributed by atoms with Crippen LogP contribution in [0.3, 0.4) is 0 Å². The fourth-order valence-corrected chi connectivity index (χ4v) is 4.74. The maximum atomic E-state index is 12.6. The summed E-state index contributed by atoms with van der Waals surface area (Å²) in [5.74, 6) is 0.488. The highest BCUT2D eigenvalue weighted by molar-refractivity contribution is 9.10. The number of anilines is 2. The normalized spacial score (nSPS) is 21.6. The Morgan fingerprint density at radius 1 is 1.33 bits per heavy atom. The van der Waals surface area contributed by atoms with E-state index in [0.717, 1.165) is 46.5 Å². The lowest BCUT2D eigenvalue weighted by Gasteiger charge is -2.22. The van der Waals surface area contributed by atoms with E-state index in [4.69, 9.17) is 0 Å². The zero-order valence-electron chi connectivity index (χ0n) is 14.6. The van der Waals surface area contributed by atoms with Crippen molar-refractivity contribution < 1.29 is 4.79 Å². The number of aromatic nitrogens is 3. The number of pyridine rings is 2. The van der Waals surface area contributed by atoms with Gasteiger partial charge in [0.15, 0.2) is 0 Å². The van der Waals surface area contributed by atoms with E-state index in [1.807, 2.05) is 6.20 Å². The van der Waals surface area contributed by atoms with Crippen LogP contribution < -0.4 is 15.5 Å². The van der Waals surface area contributed by atoms with Crippen molar-refractivity contribution in [3.8, 4) is 0 Å². The molecular weight excluding hydrogens is 408 g/mol. The molecule has 0 spiro atoms. The summed E-state index contributed by atoms with van der Waals surface area (Å²) in [6.45, 7) is 3.08. The molecule has 2 aliphatic rings. The van der Waals surface area contributed by atoms with Gasteiger partial charge in [0.2, 0.25) is 0 Å². The average molecular weight is 427 g/mol. The van der Waals surface area contributed by atoms with E-state index in [2.05, 4.69) is 46.4 Å². The van der Waals surface area contributed by atoms with E-state index in [1.165, 1.54) is 6.42 Å². The Morgan fingerprint density at radius 3 is 3.07 bits per heavy atom. The lowest BCUT2D eigenvalue weighted by molar-refractivity contribution is 0.102. The average Bonchev–Trinajstić information content (AvgIpc) is 3.38. The van der Waals surface area contributed by atoms with Crippen LogP contribution in [0.25, 0.3) is 11.0 Å². The molecule has 5 heterocycles. The molecule has 27 heavy (non-hydrogen) atoms. The summed E-state index contributed by atoms with van der Waals surface area (Å²) in [6.07, 6.45) is 8.05. The third-order valence-electron chi connectivity index (χ3n) is 5.48. The maximum absolute atomic E-state index is 12.6. The van der Waals surface area contributed by atoms with Gasteiger partial charge in [-0.05, 0) is 46.9 Å². The van der Waals surface area contributed by atoms with Crippen molar-refractivity contribution in [1.82, 2.24) is 20.3 Å². The van der Waals surface area contributed by atoms with Gasteiger partial charge in [0, 0.05) is 43.9 Å². The van der Waals surface area contributed by atoms with Gasteiger partial charge in [-0.1, -0.05) is 0 Å². The van der Waals surface area contributed by atoms with Crippen LogP contribution in [-0.2, 0) is 0 Å². The Balaban J connectivity index is 1.53. The summed E-state index contributed by atoms with van der Waals surface area (Å²) in [7, 11) is 0. The number of carbonyl (C=O) groups is 1. The van der Waals surface area contributed by atoms with Gasteiger partial charge < -0.3 is 20.5 Å². The van der Waals surface area contributed by atoms with Gasteiger partial charge in [-0.2, -0.15) is 0 Å². The van der Waals surface area contributed by atoms with Gasteiger partial charge >= 0.3 is 0 Å². The number of hydrogen-bond donors (Lipinski definition) is 3. The summed E-state index contributed by atoms with van der Waals surface area (Å²) >= 11 is 3.68. The predicted octanol–water partition coefficient (Wildman–Crippen LogP) is 2.77. The molecule has 2 atom stereocenters. The Kier molecular flexibility index (Phi) is 4.09. The molecular formula is C19H19BrN6O. The van der Waals surface area contributed by atoms with Crippen LogP contribution in [0, 0.1) is 5.92 Å². The highest BCUT2D eigenvalue weighted by Gasteiger charge is 2.37. The molecule has 2 aliphatic heterocycles. The topological polar surface area (TPSA) is 85.9 Å². The number of nitrogens with one attached hydrogen (secondary N) is 3. The highest BCUT2D eigenvalue weighted by atomic mass is 79.9. The minimum Gasteiger partial charge on any atom is -0.368 e. The Hall–Kier alpha value is -2.45. The molecule has 8 heteroatoms. The first-order chi connectivity index (χ1) is 13.2. The monoisotopic (exact) mass is 426 g/mol. The minimum absolute atomic E-state index is 0.185. The molecule has 138 valence electrons. The largest absolute Gasteiger partial charge is 0.368 e. The third-order valence-corrected chi connectivity index (χ3v) is 6.06. The molecule has 0 aromatic carbocycles. The molecule has 3 aromatic rings. The van der Waals surface area contributed by atoms with Crippen LogP contribution in [0.4, 0.5) is 11.4 Å². The molecule has 3 N–H and O–H groups in total. The fraction of sp³-hybridized carbons (Fsp3) is 0.316. The molecule has 0 aliphatic carbocycles. The molecule has 1 amide bonds. The lowest BCUT2D eigenvalue weighted by Crippen LogP contribution is -2.30. The van der Waals surface area contributed by atoms with Crippen molar-refractivity contribution in [2.45, 2.75) is 12.5 Å². The zero-order valence-corrected chi connectivity index (χ0v) is 16.2. The summed E-state index contributed by atoms with van der Waals surface area (Å²) in [5.41, 5.74) is 3.10. The van der Waals surface area contributed by atoms with Crippen molar-refractivity contribution in [2.24, 2.45) is 5.92 Å². The van der Waals surface area contributed by atoms with E-state index in [-0.39, 0.29) is 5.91 Å². The predicted molar refractivity (Wildman–Crippen MR) is 108 cm³/mol. The number of halogens is 1. The first-order valence-corrected chi connectivity index (χ1v) is 9.85. The molecule has 0 saturated carbocycles. The number of carbonyl (C=O) groups excluding carboxylic acids is 1. The van der Waals surface area contributed by atoms with E-state index in [9.17, 15) is 4.79 Å². The summed E-state index contributed by atoms with van der Waals surface area (Å²) < 4.78 is 0.937. The van der Waals surface area contributed by atoms with Crippen LogP contribution in [-0.4, -0.2) is 46.5 Å². The smallest absolute Gasteiger partial charge is 0.257 e. The van der Waals surface area contributed by atoms with Crippen molar-refractivity contribution in [3.05, 3.63) is 47.0 Å².